The fourth-order valence-corrected chi connectivity index (χ4v) is 2.73. The third-order valence-electron chi connectivity index (χ3n) is 3.90. The quantitative estimate of drug-likeness (QED) is 0.887. The summed E-state index contributed by atoms with van der Waals surface area (Å²) in [6.45, 7) is 3.90. The number of benzene rings is 1. The van der Waals surface area contributed by atoms with E-state index in [1.165, 1.54) is 0 Å². The van der Waals surface area contributed by atoms with Crippen LogP contribution < -0.4 is 5.73 Å². The SMILES string of the molecule is CCN(C(=O)CN)C1CCN(C(=O)OCc2ccccc2)C1. The molecule has 1 saturated heterocycles. The molecule has 0 spiro atoms. The van der Waals surface area contributed by atoms with Gasteiger partial charge in [0.25, 0.3) is 0 Å². The van der Waals surface area contributed by atoms with Crippen LogP contribution >= 0.6 is 0 Å². The van der Waals surface area contributed by atoms with E-state index in [1.807, 2.05) is 37.3 Å². The number of hydrogen-bond acceptors (Lipinski definition) is 4. The van der Waals surface area contributed by atoms with E-state index < -0.39 is 0 Å². The van der Waals surface area contributed by atoms with E-state index in [0.29, 0.717) is 19.6 Å². The first-order valence-electron chi connectivity index (χ1n) is 7.60. The van der Waals surface area contributed by atoms with E-state index in [9.17, 15) is 9.59 Å². The van der Waals surface area contributed by atoms with Gasteiger partial charge in [0.05, 0.1) is 12.6 Å². The lowest BCUT2D eigenvalue weighted by Gasteiger charge is -2.27. The zero-order valence-corrected chi connectivity index (χ0v) is 12.9. The van der Waals surface area contributed by atoms with Crippen molar-refractivity contribution in [2.24, 2.45) is 5.73 Å². The summed E-state index contributed by atoms with van der Waals surface area (Å²) in [5.74, 6) is -0.0768. The highest BCUT2D eigenvalue weighted by atomic mass is 16.6. The van der Waals surface area contributed by atoms with Crippen LogP contribution in [0.25, 0.3) is 0 Å². The summed E-state index contributed by atoms with van der Waals surface area (Å²) in [6.07, 6.45) is 0.433. The first-order valence-corrected chi connectivity index (χ1v) is 7.60. The maximum atomic E-state index is 12.1. The van der Waals surface area contributed by atoms with Crippen LogP contribution in [0.1, 0.15) is 18.9 Å². The van der Waals surface area contributed by atoms with E-state index >= 15 is 0 Å². The molecule has 1 aliphatic rings. The second-order valence-corrected chi connectivity index (χ2v) is 5.31. The van der Waals surface area contributed by atoms with Gasteiger partial charge in [-0.15, -0.1) is 0 Å². The average Bonchev–Trinajstić information content (AvgIpc) is 3.03. The third-order valence-corrected chi connectivity index (χ3v) is 3.90. The lowest BCUT2D eigenvalue weighted by molar-refractivity contribution is -0.131. The molecular formula is C16H23N3O3. The second kappa shape index (κ2) is 7.79. The first-order chi connectivity index (χ1) is 10.7. The van der Waals surface area contributed by atoms with Crippen molar-refractivity contribution in [3.05, 3.63) is 35.9 Å². The molecule has 1 aromatic carbocycles. The normalized spacial score (nSPS) is 17.4. The molecule has 2 amide bonds. The van der Waals surface area contributed by atoms with Gasteiger partial charge in [-0.1, -0.05) is 30.3 Å². The third kappa shape index (κ3) is 3.98. The van der Waals surface area contributed by atoms with Crippen molar-refractivity contribution in [3.8, 4) is 0 Å². The second-order valence-electron chi connectivity index (χ2n) is 5.31. The molecule has 1 fully saturated rings. The molecule has 1 atom stereocenters. The zero-order valence-electron chi connectivity index (χ0n) is 12.9. The summed E-state index contributed by atoms with van der Waals surface area (Å²) in [5, 5.41) is 0. The van der Waals surface area contributed by atoms with Gasteiger partial charge in [-0.2, -0.15) is 0 Å². The molecule has 1 aliphatic heterocycles. The Labute approximate surface area is 130 Å². The molecule has 0 radical (unpaired) electrons. The molecule has 1 aromatic rings. The smallest absolute Gasteiger partial charge is 0.410 e. The molecule has 22 heavy (non-hydrogen) atoms. The number of ether oxygens (including phenoxy) is 1. The van der Waals surface area contributed by atoms with E-state index in [0.717, 1.165) is 12.0 Å². The largest absolute Gasteiger partial charge is 0.445 e. The highest BCUT2D eigenvalue weighted by Gasteiger charge is 2.32. The van der Waals surface area contributed by atoms with Crippen LogP contribution in [0.3, 0.4) is 0 Å². The van der Waals surface area contributed by atoms with Crippen molar-refractivity contribution < 1.29 is 14.3 Å². The van der Waals surface area contributed by atoms with Gasteiger partial charge >= 0.3 is 6.09 Å². The molecular weight excluding hydrogens is 282 g/mol. The van der Waals surface area contributed by atoms with Gasteiger partial charge in [0.2, 0.25) is 5.91 Å². The number of amides is 2. The van der Waals surface area contributed by atoms with Gasteiger partial charge in [0, 0.05) is 19.6 Å². The molecule has 6 heteroatoms. The predicted octanol–water partition coefficient (Wildman–Crippen LogP) is 1.20. The van der Waals surface area contributed by atoms with Crippen LogP contribution in [0.5, 0.6) is 0 Å². The molecule has 1 unspecified atom stereocenters. The highest BCUT2D eigenvalue weighted by Crippen LogP contribution is 2.17. The minimum atomic E-state index is -0.331. The topological polar surface area (TPSA) is 75.9 Å². The number of rotatable bonds is 5. The number of nitrogens with two attached hydrogens (primary N) is 1. The Morgan fingerprint density at radius 2 is 2.09 bits per heavy atom. The Hall–Kier alpha value is -2.08. The fourth-order valence-electron chi connectivity index (χ4n) is 2.73. The molecule has 0 saturated carbocycles. The van der Waals surface area contributed by atoms with Crippen molar-refractivity contribution in [3.63, 3.8) is 0 Å². The van der Waals surface area contributed by atoms with Crippen LogP contribution in [0, 0.1) is 0 Å². The number of hydrogen-bond donors (Lipinski definition) is 1. The van der Waals surface area contributed by atoms with Crippen molar-refractivity contribution in [1.29, 1.82) is 0 Å². The molecule has 120 valence electrons. The molecule has 0 bridgehead atoms. The Morgan fingerprint density at radius 1 is 1.36 bits per heavy atom. The van der Waals surface area contributed by atoms with Crippen molar-refractivity contribution >= 4 is 12.0 Å². The molecule has 2 N–H and O–H groups in total. The summed E-state index contributed by atoms with van der Waals surface area (Å²) in [4.78, 5) is 27.3. The van der Waals surface area contributed by atoms with Gasteiger partial charge in [-0.25, -0.2) is 4.79 Å². The number of likely N-dealkylation sites (N-methyl/N-ethyl adjacent to an activating group) is 1. The molecule has 2 rings (SSSR count). The molecule has 0 aromatic heterocycles. The van der Waals surface area contributed by atoms with Gasteiger partial charge in [-0.3, -0.25) is 4.79 Å². The van der Waals surface area contributed by atoms with Crippen LogP contribution in [0.15, 0.2) is 30.3 Å². The number of likely N-dealkylation sites (tertiary alicyclic amines) is 1. The number of carbonyl (C=O) groups is 2. The van der Waals surface area contributed by atoms with Crippen molar-refractivity contribution in [1.82, 2.24) is 9.80 Å². The summed E-state index contributed by atoms with van der Waals surface area (Å²) < 4.78 is 5.32. The Kier molecular flexibility index (Phi) is 5.77. The van der Waals surface area contributed by atoms with Crippen molar-refractivity contribution in [2.45, 2.75) is 26.0 Å². The molecule has 6 nitrogen and oxygen atoms in total. The van der Waals surface area contributed by atoms with Gasteiger partial charge in [0.1, 0.15) is 6.61 Å². The molecule has 0 aliphatic carbocycles. The van der Waals surface area contributed by atoms with Gasteiger partial charge < -0.3 is 20.3 Å². The zero-order chi connectivity index (χ0) is 15.9. The van der Waals surface area contributed by atoms with E-state index in [2.05, 4.69) is 0 Å². The lowest BCUT2D eigenvalue weighted by atomic mass is 10.2. The van der Waals surface area contributed by atoms with Crippen molar-refractivity contribution in [2.75, 3.05) is 26.2 Å². The predicted molar refractivity (Wildman–Crippen MR) is 83.0 cm³/mol. The van der Waals surface area contributed by atoms with Crippen LogP contribution in [-0.4, -0.2) is 54.0 Å². The minimum absolute atomic E-state index is 0.00277. The lowest BCUT2D eigenvalue weighted by Crippen LogP contribution is -2.45. The van der Waals surface area contributed by atoms with E-state index in [1.54, 1.807) is 9.80 Å². The van der Waals surface area contributed by atoms with E-state index in [4.69, 9.17) is 10.5 Å². The average molecular weight is 305 g/mol. The van der Waals surface area contributed by atoms with Gasteiger partial charge in [-0.05, 0) is 18.9 Å². The Morgan fingerprint density at radius 3 is 2.73 bits per heavy atom. The summed E-state index contributed by atoms with van der Waals surface area (Å²) >= 11 is 0. The number of carbonyl (C=O) groups excluding carboxylic acids is 2. The summed E-state index contributed by atoms with van der Waals surface area (Å²) in [5.41, 5.74) is 6.38. The summed E-state index contributed by atoms with van der Waals surface area (Å²) in [7, 11) is 0. The van der Waals surface area contributed by atoms with Gasteiger partial charge in [0.15, 0.2) is 0 Å². The van der Waals surface area contributed by atoms with Crippen LogP contribution in [0.4, 0.5) is 4.79 Å². The Balaban J connectivity index is 1.84. The van der Waals surface area contributed by atoms with E-state index in [-0.39, 0.29) is 31.2 Å². The minimum Gasteiger partial charge on any atom is -0.445 e. The highest BCUT2D eigenvalue weighted by molar-refractivity contribution is 5.78. The standard InChI is InChI=1S/C16H23N3O3/c1-2-19(15(20)10-17)14-8-9-18(11-14)16(21)22-12-13-6-4-3-5-7-13/h3-7,14H,2,8-12,17H2,1H3. The monoisotopic (exact) mass is 305 g/mol. The summed E-state index contributed by atoms with van der Waals surface area (Å²) in [6, 6.07) is 9.60. The first kappa shape index (κ1) is 16.3. The Bertz CT molecular complexity index is 507. The maximum Gasteiger partial charge on any atom is 0.410 e. The van der Waals surface area contributed by atoms with Crippen LogP contribution in [-0.2, 0) is 16.1 Å². The number of nitrogens with zero attached hydrogens (tertiary/aromatic N) is 2. The van der Waals surface area contributed by atoms with Crippen LogP contribution in [0.2, 0.25) is 0 Å². The molecule has 1 heterocycles. The maximum absolute atomic E-state index is 12.1. The fraction of sp³-hybridized carbons (Fsp3) is 0.500.